The van der Waals surface area contributed by atoms with Crippen LogP contribution in [0.2, 0.25) is 0 Å². The average Bonchev–Trinajstić information content (AvgIpc) is 2.28. The van der Waals surface area contributed by atoms with Crippen molar-refractivity contribution in [3.8, 4) is 0 Å². The van der Waals surface area contributed by atoms with Crippen molar-refractivity contribution in [1.29, 1.82) is 0 Å². The first-order valence-corrected chi connectivity index (χ1v) is 4.47. The highest BCUT2D eigenvalue weighted by atomic mass is 16.6. The van der Waals surface area contributed by atoms with Crippen LogP contribution in [0.4, 0.5) is 10.5 Å². The average molecular weight is 197 g/mol. The number of hydrogen-bond acceptors (Lipinski definition) is 3. The van der Waals surface area contributed by atoms with E-state index in [4.69, 9.17) is 4.74 Å². The predicted molar refractivity (Wildman–Crippen MR) is 53.2 cm³/mol. The van der Waals surface area contributed by atoms with E-state index in [1.807, 2.05) is 6.92 Å². The van der Waals surface area contributed by atoms with Gasteiger partial charge < -0.3 is 4.74 Å². The van der Waals surface area contributed by atoms with Crippen LogP contribution in [0.25, 0.3) is 0 Å². The third kappa shape index (κ3) is 2.76. The molecule has 0 saturated carbocycles. The Morgan fingerprint density at radius 2 is 2.29 bits per heavy atom. The van der Waals surface area contributed by atoms with E-state index in [1.165, 1.54) is 0 Å². The normalized spacial score (nSPS) is 10.4. The zero-order valence-electron chi connectivity index (χ0n) is 8.87. The molecular formula is C9H15N3O2. The maximum atomic E-state index is 11.2. The summed E-state index contributed by atoms with van der Waals surface area (Å²) >= 11 is 0. The molecule has 1 rings (SSSR count). The van der Waals surface area contributed by atoms with Gasteiger partial charge in [0.25, 0.3) is 0 Å². The van der Waals surface area contributed by atoms with E-state index in [1.54, 1.807) is 31.8 Å². The molecule has 1 aromatic rings. The third-order valence-corrected chi connectivity index (χ3v) is 1.59. The summed E-state index contributed by atoms with van der Waals surface area (Å²) in [5.74, 6) is 0. The van der Waals surface area contributed by atoms with Gasteiger partial charge in [0.1, 0.15) is 0 Å². The van der Waals surface area contributed by atoms with Gasteiger partial charge in [-0.3, -0.25) is 10.00 Å². The van der Waals surface area contributed by atoms with Crippen LogP contribution in [0.3, 0.4) is 0 Å². The van der Waals surface area contributed by atoms with Crippen molar-refractivity contribution in [2.45, 2.75) is 26.9 Å². The maximum Gasteiger partial charge on any atom is 0.411 e. The zero-order valence-corrected chi connectivity index (χ0v) is 8.87. The van der Waals surface area contributed by atoms with E-state index < -0.39 is 6.09 Å². The van der Waals surface area contributed by atoms with Crippen molar-refractivity contribution in [3.05, 3.63) is 11.9 Å². The number of nitrogens with one attached hydrogen (secondary N) is 1. The summed E-state index contributed by atoms with van der Waals surface area (Å²) in [5.41, 5.74) is 1.45. The van der Waals surface area contributed by atoms with Crippen LogP contribution in [0.1, 0.15) is 19.5 Å². The predicted octanol–water partition coefficient (Wildman–Crippen LogP) is 1.69. The van der Waals surface area contributed by atoms with Crippen LogP contribution in [-0.4, -0.2) is 22.0 Å². The van der Waals surface area contributed by atoms with Crippen molar-refractivity contribution in [1.82, 2.24) is 9.78 Å². The van der Waals surface area contributed by atoms with Crippen molar-refractivity contribution in [2.75, 3.05) is 5.32 Å². The Morgan fingerprint density at radius 1 is 1.64 bits per heavy atom. The first kappa shape index (κ1) is 10.6. The highest BCUT2D eigenvalue weighted by Crippen LogP contribution is 2.11. The largest absolute Gasteiger partial charge is 0.447 e. The SMILES string of the molecule is Cc1nn(C)cc1NC(=O)OC(C)C. The standard InChI is InChI=1S/C9H15N3O2/c1-6(2)14-9(13)10-8-5-12(4)11-7(8)3/h5-6H,1-4H3,(H,10,13). The molecule has 0 aliphatic carbocycles. The van der Waals surface area contributed by atoms with Crippen molar-refractivity contribution < 1.29 is 9.53 Å². The molecule has 0 bridgehead atoms. The summed E-state index contributed by atoms with van der Waals surface area (Å²) in [6, 6.07) is 0. The lowest BCUT2D eigenvalue weighted by Gasteiger charge is -2.08. The van der Waals surface area contributed by atoms with Gasteiger partial charge in [0.2, 0.25) is 0 Å². The van der Waals surface area contributed by atoms with Gasteiger partial charge in [-0.25, -0.2) is 4.79 Å². The second kappa shape index (κ2) is 4.13. The summed E-state index contributed by atoms with van der Waals surface area (Å²) < 4.78 is 6.57. The Bertz CT molecular complexity index is 331. The Kier molecular flexibility index (Phi) is 3.11. The second-order valence-electron chi connectivity index (χ2n) is 3.38. The molecule has 1 aromatic heterocycles. The molecule has 1 N–H and O–H groups in total. The minimum Gasteiger partial charge on any atom is -0.447 e. The molecule has 0 aromatic carbocycles. The molecule has 0 aliphatic rings. The fourth-order valence-corrected chi connectivity index (χ4v) is 1.08. The highest BCUT2D eigenvalue weighted by Gasteiger charge is 2.09. The minimum atomic E-state index is -0.448. The van der Waals surface area contributed by atoms with Gasteiger partial charge in [0.15, 0.2) is 0 Å². The summed E-state index contributed by atoms with van der Waals surface area (Å²) in [6.07, 6.45) is 1.17. The van der Waals surface area contributed by atoms with Crippen molar-refractivity contribution in [3.63, 3.8) is 0 Å². The number of rotatable bonds is 2. The zero-order chi connectivity index (χ0) is 10.7. The monoisotopic (exact) mass is 197 g/mol. The fourth-order valence-electron chi connectivity index (χ4n) is 1.08. The molecular weight excluding hydrogens is 182 g/mol. The molecule has 14 heavy (non-hydrogen) atoms. The Balaban J connectivity index is 2.60. The van der Waals surface area contributed by atoms with Crippen LogP contribution >= 0.6 is 0 Å². The van der Waals surface area contributed by atoms with E-state index in [2.05, 4.69) is 10.4 Å². The number of hydrogen-bond donors (Lipinski definition) is 1. The molecule has 0 aliphatic heterocycles. The van der Waals surface area contributed by atoms with Gasteiger partial charge in [0.05, 0.1) is 17.5 Å². The number of aromatic nitrogens is 2. The van der Waals surface area contributed by atoms with Gasteiger partial charge in [-0.1, -0.05) is 0 Å². The Hall–Kier alpha value is -1.52. The molecule has 1 amide bonds. The lowest BCUT2D eigenvalue weighted by molar-refractivity contribution is 0.130. The van der Waals surface area contributed by atoms with Gasteiger partial charge in [-0.05, 0) is 20.8 Å². The third-order valence-electron chi connectivity index (χ3n) is 1.59. The second-order valence-corrected chi connectivity index (χ2v) is 3.38. The number of aryl methyl sites for hydroxylation is 2. The van der Waals surface area contributed by atoms with Crippen LogP contribution in [0.5, 0.6) is 0 Å². The van der Waals surface area contributed by atoms with Crippen LogP contribution in [0, 0.1) is 6.92 Å². The van der Waals surface area contributed by atoms with Crippen molar-refractivity contribution in [2.24, 2.45) is 7.05 Å². The van der Waals surface area contributed by atoms with Crippen molar-refractivity contribution >= 4 is 11.8 Å². The summed E-state index contributed by atoms with van der Waals surface area (Å²) in [6.45, 7) is 5.43. The Morgan fingerprint density at radius 3 is 2.71 bits per heavy atom. The first-order valence-electron chi connectivity index (χ1n) is 4.47. The molecule has 0 spiro atoms. The lowest BCUT2D eigenvalue weighted by Crippen LogP contribution is -2.18. The molecule has 5 heteroatoms. The molecule has 0 saturated heterocycles. The molecule has 0 unspecified atom stereocenters. The van der Waals surface area contributed by atoms with Crippen LogP contribution < -0.4 is 5.32 Å². The van der Waals surface area contributed by atoms with Gasteiger partial charge in [-0.15, -0.1) is 0 Å². The van der Waals surface area contributed by atoms with E-state index in [0.29, 0.717) is 5.69 Å². The van der Waals surface area contributed by atoms with E-state index in [9.17, 15) is 4.79 Å². The highest BCUT2D eigenvalue weighted by molar-refractivity contribution is 5.85. The summed E-state index contributed by atoms with van der Waals surface area (Å²) in [4.78, 5) is 11.2. The van der Waals surface area contributed by atoms with E-state index >= 15 is 0 Å². The molecule has 0 atom stereocenters. The summed E-state index contributed by atoms with van der Waals surface area (Å²) in [5, 5.41) is 6.71. The van der Waals surface area contributed by atoms with Gasteiger partial charge in [0, 0.05) is 13.2 Å². The number of ether oxygens (including phenoxy) is 1. The number of nitrogens with zero attached hydrogens (tertiary/aromatic N) is 2. The number of carbonyl (C=O) groups excluding carboxylic acids is 1. The molecule has 0 radical (unpaired) electrons. The lowest BCUT2D eigenvalue weighted by atomic mass is 10.4. The van der Waals surface area contributed by atoms with E-state index in [-0.39, 0.29) is 6.10 Å². The number of amides is 1. The van der Waals surface area contributed by atoms with E-state index in [0.717, 1.165) is 5.69 Å². The van der Waals surface area contributed by atoms with Crippen LogP contribution in [0.15, 0.2) is 6.20 Å². The smallest absolute Gasteiger partial charge is 0.411 e. The molecule has 5 nitrogen and oxygen atoms in total. The number of carbonyl (C=O) groups is 1. The maximum absolute atomic E-state index is 11.2. The van der Waals surface area contributed by atoms with Gasteiger partial charge in [-0.2, -0.15) is 5.10 Å². The summed E-state index contributed by atoms with van der Waals surface area (Å²) in [7, 11) is 1.80. The minimum absolute atomic E-state index is 0.119. The molecule has 1 heterocycles. The molecule has 0 fully saturated rings. The number of anilines is 1. The topological polar surface area (TPSA) is 56.2 Å². The van der Waals surface area contributed by atoms with Gasteiger partial charge >= 0.3 is 6.09 Å². The van der Waals surface area contributed by atoms with Crippen LogP contribution in [-0.2, 0) is 11.8 Å². The first-order chi connectivity index (χ1) is 6.49. The fraction of sp³-hybridized carbons (Fsp3) is 0.556. The Labute approximate surface area is 83.1 Å². The molecule has 78 valence electrons. The quantitative estimate of drug-likeness (QED) is 0.784.